The van der Waals surface area contributed by atoms with Crippen molar-refractivity contribution in [2.45, 2.75) is 59.1 Å². The Labute approximate surface area is 185 Å². The molecule has 0 atom stereocenters. The van der Waals surface area contributed by atoms with Gasteiger partial charge in [-0.3, -0.25) is 0 Å². The van der Waals surface area contributed by atoms with Gasteiger partial charge in [0.15, 0.2) is 0 Å². The van der Waals surface area contributed by atoms with Gasteiger partial charge in [0.1, 0.15) is 11.4 Å². The van der Waals surface area contributed by atoms with E-state index in [-0.39, 0.29) is 12.1 Å². The molecule has 0 saturated carbocycles. The Balaban J connectivity index is 1.89. The van der Waals surface area contributed by atoms with E-state index in [2.05, 4.69) is 32.2 Å². The summed E-state index contributed by atoms with van der Waals surface area (Å²) in [6.07, 6.45) is 3.30. The molecule has 0 aromatic carbocycles. The minimum atomic E-state index is -0.927. The molecule has 3 heterocycles. The highest BCUT2D eigenvalue weighted by molar-refractivity contribution is 9.10. The Morgan fingerprint density at radius 3 is 2.43 bits per heavy atom. The number of amides is 1. The average Bonchev–Trinajstić information content (AvgIpc) is 3.02. The molecule has 7 nitrogen and oxygen atoms in total. The number of carboxylic acids is 1. The third-order valence-electron chi connectivity index (χ3n) is 5.48. The van der Waals surface area contributed by atoms with Crippen molar-refractivity contribution in [1.29, 1.82) is 0 Å². The van der Waals surface area contributed by atoms with E-state index in [1.54, 1.807) is 11.0 Å². The van der Waals surface area contributed by atoms with Gasteiger partial charge in [0.05, 0.1) is 5.56 Å². The number of aromatic carboxylic acids is 1. The van der Waals surface area contributed by atoms with Crippen LogP contribution >= 0.6 is 15.9 Å². The van der Waals surface area contributed by atoms with Gasteiger partial charge in [-0.25, -0.2) is 9.59 Å². The number of ether oxygens (including phenoxy) is 1. The molecule has 1 N–H and O–H groups in total. The molecule has 1 amide bonds. The number of fused-ring (bicyclic) bond motifs is 1. The largest absolute Gasteiger partial charge is 0.478 e. The predicted octanol–water partition coefficient (Wildman–Crippen LogP) is 4.93. The SMILES string of the molecule is CCN(c1c(C)c(C(=O)O)cc2cc(Br)cn12)C1CCN(C(=O)OC(C)(C)C)CC1. The van der Waals surface area contributed by atoms with Gasteiger partial charge in [-0.1, -0.05) is 0 Å². The van der Waals surface area contributed by atoms with Crippen LogP contribution in [0.5, 0.6) is 0 Å². The molecule has 0 aliphatic carbocycles. The molecule has 2 aromatic heterocycles. The first-order valence-electron chi connectivity index (χ1n) is 10.3. The number of carboxylic acid groups (broad SMARTS) is 1. The first-order chi connectivity index (χ1) is 14.0. The third kappa shape index (κ3) is 4.58. The summed E-state index contributed by atoms with van der Waals surface area (Å²) >= 11 is 3.51. The zero-order valence-corrected chi connectivity index (χ0v) is 19.8. The molecule has 8 heteroatoms. The predicted molar refractivity (Wildman–Crippen MR) is 121 cm³/mol. The molecule has 1 saturated heterocycles. The van der Waals surface area contributed by atoms with Gasteiger partial charge in [0.25, 0.3) is 0 Å². The van der Waals surface area contributed by atoms with Crippen LogP contribution in [0.1, 0.15) is 56.5 Å². The fourth-order valence-corrected chi connectivity index (χ4v) is 4.58. The zero-order valence-electron chi connectivity index (χ0n) is 18.2. The highest BCUT2D eigenvalue weighted by Crippen LogP contribution is 2.32. The van der Waals surface area contributed by atoms with Crippen molar-refractivity contribution < 1.29 is 19.4 Å². The summed E-state index contributed by atoms with van der Waals surface area (Å²) in [4.78, 5) is 28.3. The first kappa shape index (κ1) is 22.5. The second kappa shape index (κ2) is 8.49. The number of hydrogen-bond acceptors (Lipinski definition) is 4. The standard InChI is InChI=1S/C22H30BrN3O4/c1-6-25(16-7-9-24(10-8-16)21(29)30-22(3,4)5)19-14(2)18(20(27)28)12-17-11-15(23)13-26(17)19/h11-13,16H,6-10H2,1-5H3,(H,27,28). The maximum absolute atomic E-state index is 12.4. The third-order valence-corrected chi connectivity index (χ3v) is 5.91. The molecule has 1 aliphatic heterocycles. The number of nitrogens with zero attached hydrogens (tertiary/aromatic N) is 3. The number of pyridine rings is 1. The lowest BCUT2D eigenvalue weighted by Gasteiger charge is -2.40. The van der Waals surface area contributed by atoms with Crippen molar-refractivity contribution in [3.05, 3.63) is 33.9 Å². The number of anilines is 1. The average molecular weight is 480 g/mol. The Morgan fingerprint density at radius 1 is 1.27 bits per heavy atom. The summed E-state index contributed by atoms with van der Waals surface area (Å²) < 4.78 is 8.46. The molecule has 30 heavy (non-hydrogen) atoms. The lowest BCUT2D eigenvalue weighted by molar-refractivity contribution is 0.0204. The van der Waals surface area contributed by atoms with Crippen molar-refractivity contribution in [2.24, 2.45) is 0 Å². The fourth-order valence-electron chi connectivity index (χ4n) is 4.14. The van der Waals surface area contributed by atoms with Gasteiger partial charge in [-0.2, -0.15) is 0 Å². The van der Waals surface area contributed by atoms with E-state index in [9.17, 15) is 14.7 Å². The molecule has 0 spiro atoms. The summed E-state index contributed by atoms with van der Waals surface area (Å²) in [6, 6.07) is 3.85. The van der Waals surface area contributed by atoms with Crippen molar-refractivity contribution in [3.8, 4) is 0 Å². The van der Waals surface area contributed by atoms with Gasteiger partial charge < -0.3 is 24.0 Å². The summed E-state index contributed by atoms with van der Waals surface area (Å²) in [7, 11) is 0. The maximum Gasteiger partial charge on any atom is 0.410 e. The van der Waals surface area contributed by atoms with Gasteiger partial charge in [-0.15, -0.1) is 0 Å². The molecular weight excluding hydrogens is 450 g/mol. The summed E-state index contributed by atoms with van der Waals surface area (Å²) in [5, 5.41) is 9.71. The quantitative estimate of drug-likeness (QED) is 0.672. The van der Waals surface area contributed by atoms with E-state index in [4.69, 9.17) is 4.74 Å². The summed E-state index contributed by atoms with van der Waals surface area (Å²) in [5.41, 5.74) is 1.39. The van der Waals surface area contributed by atoms with Gasteiger partial charge >= 0.3 is 12.1 Å². The number of piperidine rings is 1. The van der Waals surface area contributed by atoms with Crippen molar-refractivity contribution >= 4 is 39.3 Å². The Morgan fingerprint density at radius 2 is 1.90 bits per heavy atom. The molecule has 2 aromatic rings. The van der Waals surface area contributed by atoms with Crippen LogP contribution in [0.25, 0.3) is 5.52 Å². The van der Waals surface area contributed by atoms with Crippen LogP contribution in [0.3, 0.4) is 0 Å². The van der Waals surface area contributed by atoms with Crippen molar-refractivity contribution in [2.75, 3.05) is 24.5 Å². The topological polar surface area (TPSA) is 74.5 Å². The molecule has 0 bridgehead atoms. The lowest BCUT2D eigenvalue weighted by atomic mass is 10.0. The molecule has 3 rings (SSSR count). The molecule has 164 valence electrons. The number of hydrogen-bond donors (Lipinski definition) is 1. The molecule has 1 aliphatic rings. The van der Waals surface area contributed by atoms with Crippen LogP contribution in [-0.4, -0.2) is 57.7 Å². The number of carbonyl (C=O) groups excluding carboxylic acids is 1. The zero-order chi connectivity index (χ0) is 22.2. The highest BCUT2D eigenvalue weighted by atomic mass is 79.9. The van der Waals surface area contributed by atoms with E-state index in [1.165, 1.54) is 0 Å². The lowest BCUT2D eigenvalue weighted by Crippen LogP contribution is -2.48. The number of carbonyl (C=O) groups is 2. The number of rotatable bonds is 4. The van der Waals surface area contributed by atoms with E-state index >= 15 is 0 Å². The normalized spacial score (nSPS) is 15.5. The van der Waals surface area contributed by atoms with Crippen LogP contribution in [0, 0.1) is 6.92 Å². The van der Waals surface area contributed by atoms with Crippen LogP contribution in [-0.2, 0) is 4.74 Å². The Kier molecular flexibility index (Phi) is 6.36. The van der Waals surface area contributed by atoms with Gasteiger partial charge in [0, 0.05) is 47.4 Å². The van der Waals surface area contributed by atoms with E-state index < -0.39 is 11.6 Å². The smallest absolute Gasteiger partial charge is 0.410 e. The van der Waals surface area contributed by atoms with Crippen LogP contribution in [0.2, 0.25) is 0 Å². The molecular formula is C22H30BrN3O4. The Bertz CT molecular complexity index is 955. The van der Waals surface area contributed by atoms with Gasteiger partial charge in [0.2, 0.25) is 0 Å². The van der Waals surface area contributed by atoms with Crippen LogP contribution in [0.15, 0.2) is 22.8 Å². The number of aromatic nitrogens is 1. The summed E-state index contributed by atoms with van der Waals surface area (Å²) in [6.45, 7) is 11.5. The van der Waals surface area contributed by atoms with E-state index in [1.807, 2.05) is 40.0 Å². The number of likely N-dealkylation sites (tertiary alicyclic amines) is 1. The maximum atomic E-state index is 12.4. The van der Waals surface area contributed by atoms with Crippen molar-refractivity contribution in [1.82, 2.24) is 9.30 Å². The monoisotopic (exact) mass is 479 g/mol. The molecule has 1 fully saturated rings. The summed E-state index contributed by atoms with van der Waals surface area (Å²) in [5.74, 6) is -0.0295. The van der Waals surface area contributed by atoms with Crippen LogP contribution < -0.4 is 4.90 Å². The highest BCUT2D eigenvalue weighted by Gasteiger charge is 2.31. The fraction of sp³-hybridized carbons (Fsp3) is 0.545. The van der Waals surface area contributed by atoms with E-state index in [0.717, 1.165) is 40.8 Å². The minimum Gasteiger partial charge on any atom is -0.478 e. The van der Waals surface area contributed by atoms with Crippen molar-refractivity contribution in [3.63, 3.8) is 0 Å². The van der Waals surface area contributed by atoms with Gasteiger partial charge in [-0.05, 0) is 75.5 Å². The second-order valence-electron chi connectivity index (χ2n) is 8.75. The van der Waals surface area contributed by atoms with Crippen LogP contribution in [0.4, 0.5) is 10.6 Å². The number of halogens is 1. The first-order valence-corrected chi connectivity index (χ1v) is 11.1. The molecule has 0 unspecified atom stereocenters. The second-order valence-corrected chi connectivity index (χ2v) is 9.67. The molecule has 0 radical (unpaired) electrons. The van der Waals surface area contributed by atoms with E-state index in [0.29, 0.717) is 18.7 Å². The Hall–Kier alpha value is -2.22. The minimum absolute atomic E-state index is 0.209.